The van der Waals surface area contributed by atoms with Gasteiger partial charge in [-0.05, 0) is 30.2 Å². The standard InChI is InChI=1S/C18H21NO2S/c1-14(16-6-4-3-5-7-16)19-18(20)13-22-12-15-8-10-17(21-2)11-9-15/h3-11,14H,12-13H2,1-2H3,(H,19,20). The zero-order valence-corrected chi connectivity index (χ0v) is 13.7. The third kappa shape index (κ3) is 5.11. The van der Waals surface area contributed by atoms with Crippen LogP contribution in [-0.4, -0.2) is 18.8 Å². The maximum absolute atomic E-state index is 12.0. The van der Waals surface area contributed by atoms with Gasteiger partial charge in [-0.2, -0.15) is 0 Å². The number of methoxy groups -OCH3 is 1. The minimum atomic E-state index is 0.0373. The van der Waals surface area contributed by atoms with Crippen molar-refractivity contribution in [2.24, 2.45) is 0 Å². The molecule has 1 amide bonds. The molecule has 0 spiro atoms. The van der Waals surface area contributed by atoms with Gasteiger partial charge < -0.3 is 10.1 Å². The molecule has 0 aliphatic rings. The maximum atomic E-state index is 12.0. The van der Waals surface area contributed by atoms with Crippen LogP contribution in [0.1, 0.15) is 24.1 Å². The fourth-order valence-electron chi connectivity index (χ4n) is 2.09. The highest BCUT2D eigenvalue weighted by Gasteiger charge is 2.09. The molecule has 1 N–H and O–H groups in total. The molecule has 2 aromatic rings. The van der Waals surface area contributed by atoms with Gasteiger partial charge in [0, 0.05) is 5.75 Å². The number of carbonyl (C=O) groups is 1. The fraction of sp³-hybridized carbons (Fsp3) is 0.278. The normalized spacial score (nSPS) is 11.7. The van der Waals surface area contributed by atoms with Gasteiger partial charge in [0.2, 0.25) is 5.91 Å². The molecule has 2 aromatic carbocycles. The summed E-state index contributed by atoms with van der Waals surface area (Å²) in [5.41, 5.74) is 2.31. The summed E-state index contributed by atoms with van der Waals surface area (Å²) in [6.07, 6.45) is 0. The smallest absolute Gasteiger partial charge is 0.230 e. The number of rotatable bonds is 7. The van der Waals surface area contributed by atoms with E-state index in [1.807, 2.05) is 61.5 Å². The van der Waals surface area contributed by atoms with Crippen LogP contribution in [0.25, 0.3) is 0 Å². The van der Waals surface area contributed by atoms with Crippen molar-refractivity contribution in [2.75, 3.05) is 12.9 Å². The van der Waals surface area contributed by atoms with Crippen molar-refractivity contribution in [2.45, 2.75) is 18.7 Å². The van der Waals surface area contributed by atoms with Gasteiger partial charge in [0.1, 0.15) is 5.75 Å². The van der Waals surface area contributed by atoms with E-state index in [0.29, 0.717) is 5.75 Å². The average Bonchev–Trinajstić information content (AvgIpc) is 2.56. The van der Waals surface area contributed by atoms with Gasteiger partial charge in [-0.25, -0.2) is 0 Å². The molecule has 4 heteroatoms. The van der Waals surface area contributed by atoms with Crippen molar-refractivity contribution in [3.05, 3.63) is 65.7 Å². The number of hydrogen-bond acceptors (Lipinski definition) is 3. The molecular formula is C18H21NO2S. The van der Waals surface area contributed by atoms with Gasteiger partial charge in [-0.3, -0.25) is 4.79 Å². The Hall–Kier alpha value is -1.94. The summed E-state index contributed by atoms with van der Waals surface area (Å²) in [5.74, 6) is 2.19. The Labute approximate surface area is 136 Å². The van der Waals surface area contributed by atoms with Gasteiger partial charge in [0.25, 0.3) is 0 Å². The Balaban J connectivity index is 1.73. The van der Waals surface area contributed by atoms with Crippen molar-refractivity contribution in [1.82, 2.24) is 5.32 Å². The largest absolute Gasteiger partial charge is 0.497 e. The Morgan fingerprint density at radius 2 is 1.82 bits per heavy atom. The fourth-order valence-corrected chi connectivity index (χ4v) is 2.89. The highest BCUT2D eigenvalue weighted by Crippen LogP contribution is 2.17. The third-order valence-corrected chi connectivity index (χ3v) is 4.34. The number of benzene rings is 2. The van der Waals surface area contributed by atoms with E-state index in [1.165, 1.54) is 5.56 Å². The van der Waals surface area contributed by atoms with Crippen molar-refractivity contribution >= 4 is 17.7 Å². The zero-order valence-electron chi connectivity index (χ0n) is 12.9. The Morgan fingerprint density at radius 3 is 2.45 bits per heavy atom. The van der Waals surface area contributed by atoms with Gasteiger partial charge in [0.05, 0.1) is 18.9 Å². The number of amides is 1. The molecule has 0 heterocycles. The summed E-state index contributed by atoms with van der Waals surface area (Å²) in [6, 6.07) is 17.9. The number of ether oxygens (including phenoxy) is 1. The van der Waals surface area contributed by atoms with Crippen molar-refractivity contribution in [3.63, 3.8) is 0 Å². The van der Waals surface area contributed by atoms with Crippen molar-refractivity contribution in [3.8, 4) is 5.75 Å². The van der Waals surface area contributed by atoms with Crippen LogP contribution in [0, 0.1) is 0 Å². The van der Waals surface area contributed by atoms with Crippen LogP contribution >= 0.6 is 11.8 Å². The van der Waals surface area contributed by atoms with Crippen LogP contribution in [0.4, 0.5) is 0 Å². The first-order valence-electron chi connectivity index (χ1n) is 7.24. The monoisotopic (exact) mass is 315 g/mol. The number of carbonyl (C=O) groups excluding carboxylic acids is 1. The van der Waals surface area contributed by atoms with Gasteiger partial charge in [-0.15, -0.1) is 11.8 Å². The first-order valence-corrected chi connectivity index (χ1v) is 8.39. The minimum Gasteiger partial charge on any atom is -0.497 e. The molecule has 0 fully saturated rings. The van der Waals surface area contributed by atoms with Crippen LogP contribution in [0.2, 0.25) is 0 Å². The summed E-state index contributed by atoms with van der Waals surface area (Å²) in [7, 11) is 1.65. The second-order valence-corrected chi connectivity index (χ2v) is 6.03. The van der Waals surface area contributed by atoms with E-state index >= 15 is 0 Å². The maximum Gasteiger partial charge on any atom is 0.230 e. The van der Waals surface area contributed by atoms with E-state index < -0.39 is 0 Å². The van der Waals surface area contributed by atoms with Crippen LogP contribution in [0.15, 0.2) is 54.6 Å². The SMILES string of the molecule is COc1ccc(CSCC(=O)NC(C)c2ccccc2)cc1. The van der Waals surface area contributed by atoms with E-state index in [1.54, 1.807) is 18.9 Å². The van der Waals surface area contributed by atoms with Crippen molar-refractivity contribution in [1.29, 1.82) is 0 Å². The summed E-state index contributed by atoms with van der Waals surface area (Å²) >= 11 is 1.61. The van der Waals surface area contributed by atoms with E-state index in [2.05, 4.69) is 5.32 Å². The quantitative estimate of drug-likeness (QED) is 0.844. The molecule has 2 rings (SSSR count). The topological polar surface area (TPSA) is 38.3 Å². The molecule has 0 aliphatic carbocycles. The molecule has 0 aliphatic heterocycles. The number of nitrogens with one attached hydrogen (secondary N) is 1. The van der Waals surface area contributed by atoms with Crippen LogP contribution < -0.4 is 10.1 Å². The highest BCUT2D eigenvalue weighted by atomic mass is 32.2. The molecule has 1 unspecified atom stereocenters. The van der Waals surface area contributed by atoms with Gasteiger partial charge in [0.15, 0.2) is 0 Å². The Morgan fingerprint density at radius 1 is 1.14 bits per heavy atom. The highest BCUT2D eigenvalue weighted by molar-refractivity contribution is 7.99. The predicted octanol–water partition coefficient (Wildman–Crippen LogP) is 3.81. The molecular weight excluding hydrogens is 294 g/mol. The molecule has 116 valence electrons. The molecule has 22 heavy (non-hydrogen) atoms. The summed E-state index contributed by atoms with van der Waals surface area (Å²) in [5, 5.41) is 3.02. The Bertz CT molecular complexity index is 584. The molecule has 0 radical (unpaired) electrons. The molecule has 1 atom stereocenters. The van der Waals surface area contributed by atoms with Crippen molar-refractivity contribution < 1.29 is 9.53 Å². The van der Waals surface area contributed by atoms with E-state index in [4.69, 9.17) is 4.74 Å². The number of hydrogen-bond donors (Lipinski definition) is 1. The molecule has 3 nitrogen and oxygen atoms in total. The van der Waals surface area contributed by atoms with Gasteiger partial charge >= 0.3 is 0 Å². The minimum absolute atomic E-state index is 0.0373. The van der Waals surface area contributed by atoms with Crippen LogP contribution in [0.5, 0.6) is 5.75 Å². The summed E-state index contributed by atoms with van der Waals surface area (Å²) < 4.78 is 5.13. The second kappa shape index (κ2) is 8.49. The molecule has 0 bridgehead atoms. The Kier molecular flexibility index (Phi) is 6.34. The summed E-state index contributed by atoms with van der Waals surface area (Å²) in [6.45, 7) is 2.00. The number of thioether (sulfide) groups is 1. The second-order valence-electron chi connectivity index (χ2n) is 5.04. The molecule has 0 aromatic heterocycles. The van der Waals surface area contributed by atoms with Crippen LogP contribution in [0.3, 0.4) is 0 Å². The van der Waals surface area contributed by atoms with Crippen LogP contribution in [-0.2, 0) is 10.5 Å². The molecule has 0 saturated carbocycles. The lowest BCUT2D eigenvalue weighted by Gasteiger charge is -2.14. The lowest BCUT2D eigenvalue weighted by molar-refractivity contribution is -0.119. The third-order valence-electron chi connectivity index (χ3n) is 3.34. The van der Waals surface area contributed by atoms with Gasteiger partial charge in [-0.1, -0.05) is 42.5 Å². The lowest BCUT2D eigenvalue weighted by atomic mass is 10.1. The first kappa shape index (κ1) is 16.4. The lowest BCUT2D eigenvalue weighted by Crippen LogP contribution is -2.28. The van der Waals surface area contributed by atoms with E-state index in [-0.39, 0.29) is 11.9 Å². The average molecular weight is 315 g/mol. The predicted molar refractivity (Wildman–Crippen MR) is 92.2 cm³/mol. The zero-order chi connectivity index (χ0) is 15.8. The van der Waals surface area contributed by atoms with E-state index in [9.17, 15) is 4.79 Å². The van der Waals surface area contributed by atoms with E-state index in [0.717, 1.165) is 17.1 Å². The summed E-state index contributed by atoms with van der Waals surface area (Å²) in [4.78, 5) is 12.0. The molecule has 0 saturated heterocycles. The first-order chi connectivity index (χ1) is 10.7.